The highest BCUT2D eigenvalue weighted by molar-refractivity contribution is 5.37. The van der Waals surface area contributed by atoms with Gasteiger partial charge < -0.3 is 5.32 Å². The zero-order valence-corrected chi connectivity index (χ0v) is 9.09. The lowest BCUT2D eigenvalue weighted by Gasteiger charge is -2.26. The van der Waals surface area contributed by atoms with Crippen LogP contribution in [0.15, 0.2) is 18.2 Å². The van der Waals surface area contributed by atoms with Crippen LogP contribution in [0.4, 0.5) is 0 Å². The molecule has 2 rings (SSSR count). The van der Waals surface area contributed by atoms with Crippen LogP contribution < -0.4 is 5.32 Å². The van der Waals surface area contributed by atoms with Crippen molar-refractivity contribution in [1.29, 1.82) is 5.26 Å². The summed E-state index contributed by atoms with van der Waals surface area (Å²) >= 11 is 0. The molecule has 0 aliphatic heterocycles. The van der Waals surface area contributed by atoms with Crippen LogP contribution in [0.25, 0.3) is 0 Å². The molecule has 0 unspecified atom stereocenters. The molecule has 0 heterocycles. The third-order valence-corrected chi connectivity index (χ3v) is 3.16. The zero-order valence-electron chi connectivity index (χ0n) is 9.09. The van der Waals surface area contributed by atoms with Gasteiger partial charge >= 0.3 is 0 Å². The lowest BCUT2D eigenvalue weighted by Crippen LogP contribution is -2.34. The summed E-state index contributed by atoms with van der Waals surface area (Å²) in [7, 11) is 0. The average molecular weight is 200 g/mol. The molecule has 1 aromatic rings. The van der Waals surface area contributed by atoms with Crippen LogP contribution >= 0.6 is 0 Å². The number of rotatable bonds is 3. The maximum atomic E-state index is 8.75. The Hall–Kier alpha value is -1.33. The highest BCUT2D eigenvalue weighted by Gasteiger charge is 2.16. The van der Waals surface area contributed by atoms with Crippen molar-refractivity contribution in [2.75, 3.05) is 0 Å². The van der Waals surface area contributed by atoms with E-state index in [1.807, 2.05) is 12.1 Å². The highest BCUT2D eigenvalue weighted by Crippen LogP contribution is 2.19. The summed E-state index contributed by atoms with van der Waals surface area (Å²) in [5.74, 6) is 0. The summed E-state index contributed by atoms with van der Waals surface area (Å²) in [5.41, 5.74) is 3.27. The lowest BCUT2D eigenvalue weighted by atomic mass is 9.93. The molecule has 0 saturated heterocycles. The van der Waals surface area contributed by atoms with Gasteiger partial charge in [0, 0.05) is 12.6 Å². The molecule has 1 N–H and O–H groups in total. The maximum Gasteiger partial charge on any atom is 0.0991 e. The van der Waals surface area contributed by atoms with E-state index in [9.17, 15) is 0 Å². The Morgan fingerprint density at radius 3 is 2.80 bits per heavy atom. The molecule has 0 aromatic heterocycles. The first-order valence-corrected chi connectivity index (χ1v) is 5.52. The Kier molecular flexibility index (Phi) is 3.03. The maximum absolute atomic E-state index is 8.75. The van der Waals surface area contributed by atoms with Crippen molar-refractivity contribution < 1.29 is 0 Å². The first-order valence-electron chi connectivity index (χ1n) is 5.52. The molecule has 1 saturated carbocycles. The van der Waals surface area contributed by atoms with Crippen molar-refractivity contribution in [2.45, 2.75) is 38.8 Å². The summed E-state index contributed by atoms with van der Waals surface area (Å²) < 4.78 is 0. The Morgan fingerprint density at radius 2 is 2.27 bits per heavy atom. The van der Waals surface area contributed by atoms with Gasteiger partial charge in [0.15, 0.2) is 0 Å². The van der Waals surface area contributed by atoms with Crippen LogP contribution in [0.2, 0.25) is 0 Å². The second-order valence-electron chi connectivity index (χ2n) is 4.26. The summed E-state index contributed by atoms with van der Waals surface area (Å²) in [6.07, 6.45) is 3.99. The standard InChI is InChI=1S/C13H16N2/c1-10-7-11(8-14)5-6-12(10)9-15-13-3-2-4-13/h5-7,13,15H,2-4,9H2,1H3. The molecule has 15 heavy (non-hydrogen) atoms. The lowest BCUT2D eigenvalue weighted by molar-refractivity contribution is 0.338. The second-order valence-corrected chi connectivity index (χ2v) is 4.26. The van der Waals surface area contributed by atoms with Crippen molar-refractivity contribution in [2.24, 2.45) is 0 Å². The van der Waals surface area contributed by atoms with Crippen LogP contribution in [0, 0.1) is 18.3 Å². The fourth-order valence-electron chi connectivity index (χ4n) is 1.83. The predicted molar refractivity (Wildman–Crippen MR) is 60.4 cm³/mol. The molecule has 1 aromatic carbocycles. The van der Waals surface area contributed by atoms with Gasteiger partial charge in [0.1, 0.15) is 0 Å². The van der Waals surface area contributed by atoms with Crippen LogP contribution in [-0.4, -0.2) is 6.04 Å². The number of hydrogen-bond acceptors (Lipinski definition) is 2. The first kappa shape index (κ1) is 10.2. The molecule has 2 heteroatoms. The minimum absolute atomic E-state index is 0.722. The van der Waals surface area contributed by atoms with E-state index in [1.165, 1.54) is 30.4 Å². The molecule has 0 spiro atoms. The van der Waals surface area contributed by atoms with Crippen molar-refractivity contribution >= 4 is 0 Å². The molecule has 1 aliphatic rings. The molecule has 1 fully saturated rings. The number of nitrogens with one attached hydrogen (secondary N) is 1. The third-order valence-electron chi connectivity index (χ3n) is 3.16. The minimum atomic E-state index is 0.722. The number of nitrogens with zero attached hydrogens (tertiary/aromatic N) is 1. The Labute approximate surface area is 90.9 Å². The van der Waals surface area contributed by atoms with Gasteiger partial charge in [0.25, 0.3) is 0 Å². The largest absolute Gasteiger partial charge is 0.310 e. The molecule has 2 nitrogen and oxygen atoms in total. The SMILES string of the molecule is Cc1cc(C#N)ccc1CNC1CCC1. The van der Waals surface area contributed by atoms with Gasteiger partial charge in [0.2, 0.25) is 0 Å². The molecule has 0 bridgehead atoms. The normalized spacial score (nSPS) is 15.7. The van der Waals surface area contributed by atoms with Crippen molar-refractivity contribution in [3.05, 3.63) is 34.9 Å². The Balaban J connectivity index is 1.98. The quantitative estimate of drug-likeness (QED) is 0.813. The van der Waals surface area contributed by atoms with E-state index in [-0.39, 0.29) is 0 Å². The molecule has 0 atom stereocenters. The van der Waals surface area contributed by atoms with E-state index in [0.717, 1.165) is 18.2 Å². The van der Waals surface area contributed by atoms with Gasteiger partial charge in [-0.15, -0.1) is 0 Å². The van der Waals surface area contributed by atoms with E-state index in [2.05, 4.69) is 24.4 Å². The first-order chi connectivity index (χ1) is 7.29. The van der Waals surface area contributed by atoms with Gasteiger partial charge in [-0.3, -0.25) is 0 Å². The summed E-state index contributed by atoms with van der Waals surface area (Å²) in [5, 5.41) is 12.3. The van der Waals surface area contributed by atoms with E-state index in [4.69, 9.17) is 5.26 Å². The third kappa shape index (κ3) is 2.37. The number of aryl methyl sites for hydroxylation is 1. The number of benzene rings is 1. The minimum Gasteiger partial charge on any atom is -0.310 e. The number of nitriles is 1. The van der Waals surface area contributed by atoms with Crippen LogP contribution in [-0.2, 0) is 6.54 Å². The Bertz CT molecular complexity index is 386. The van der Waals surface area contributed by atoms with E-state index in [0.29, 0.717) is 0 Å². The average Bonchev–Trinajstić information content (AvgIpc) is 2.18. The number of hydrogen-bond donors (Lipinski definition) is 1. The predicted octanol–water partition coefficient (Wildman–Crippen LogP) is 2.51. The molecule has 0 amide bonds. The van der Waals surface area contributed by atoms with Crippen molar-refractivity contribution in [1.82, 2.24) is 5.32 Å². The van der Waals surface area contributed by atoms with E-state index in [1.54, 1.807) is 0 Å². The van der Waals surface area contributed by atoms with Crippen LogP contribution in [0.3, 0.4) is 0 Å². The zero-order chi connectivity index (χ0) is 10.7. The molecular formula is C13H16N2. The van der Waals surface area contributed by atoms with Crippen molar-refractivity contribution in [3.63, 3.8) is 0 Å². The van der Waals surface area contributed by atoms with Gasteiger partial charge in [-0.25, -0.2) is 0 Å². The van der Waals surface area contributed by atoms with Gasteiger partial charge in [-0.2, -0.15) is 5.26 Å². The van der Waals surface area contributed by atoms with Gasteiger partial charge in [-0.1, -0.05) is 12.5 Å². The van der Waals surface area contributed by atoms with Crippen LogP contribution in [0.1, 0.15) is 36.0 Å². The summed E-state index contributed by atoms with van der Waals surface area (Å²) in [4.78, 5) is 0. The molecule has 0 radical (unpaired) electrons. The van der Waals surface area contributed by atoms with Crippen LogP contribution in [0.5, 0.6) is 0 Å². The Morgan fingerprint density at radius 1 is 1.47 bits per heavy atom. The topological polar surface area (TPSA) is 35.8 Å². The molecular weight excluding hydrogens is 184 g/mol. The monoisotopic (exact) mass is 200 g/mol. The van der Waals surface area contributed by atoms with Gasteiger partial charge in [0.05, 0.1) is 11.6 Å². The fourth-order valence-corrected chi connectivity index (χ4v) is 1.83. The second kappa shape index (κ2) is 4.46. The summed E-state index contributed by atoms with van der Waals surface area (Å²) in [6.45, 7) is 3.00. The highest BCUT2D eigenvalue weighted by atomic mass is 14.9. The fraction of sp³-hybridized carbons (Fsp3) is 0.462. The van der Waals surface area contributed by atoms with Crippen molar-refractivity contribution in [3.8, 4) is 6.07 Å². The molecule has 78 valence electrons. The van der Waals surface area contributed by atoms with E-state index >= 15 is 0 Å². The van der Waals surface area contributed by atoms with Gasteiger partial charge in [-0.05, 0) is 43.0 Å². The molecule has 1 aliphatic carbocycles. The summed E-state index contributed by atoms with van der Waals surface area (Å²) in [6, 6.07) is 8.79. The smallest absolute Gasteiger partial charge is 0.0991 e. The van der Waals surface area contributed by atoms with E-state index < -0.39 is 0 Å².